The van der Waals surface area contributed by atoms with Crippen LogP contribution in [-0.4, -0.2) is 31.7 Å². The Bertz CT molecular complexity index is 981. The van der Waals surface area contributed by atoms with Crippen LogP contribution < -0.4 is 5.32 Å². The first kappa shape index (κ1) is 20.8. The third-order valence-electron chi connectivity index (χ3n) is 4.95. The molecule has 28 heavy (non-hydrogen) atoms. The molecule has 1 aliphatic rings. The van der Waals surface area contributed by atoms with Gasteiger partial charge in [-0.25, -0.2) is 12.8 Å². The number of hydrogen-bond donors (Lipinski definition) is 1. The van der Waals surface area contributed by atoms with Crippen molar-refractivity contribution in [2.24, 2.45) is 5.92 Å². The zero-order valence-electron chi connectivity index (χ0n) is 15.5. The standard InChI is InChI=1S/C20H22ClFN2O3S/c1-14-8-9-17(11-18(14)21)28(26,27)24-10-4-6-16(13-24)20(25)23-12-15-5-2-3-7-19(15)22/h2-3,5,7-9,11,16H,4,6,10,12-13H2,1H3,(H,23,25)/t16-/m0/s1. The molecule has 5 nitrogen and oxygen atoms in total. The molecule has 1 aliphatic heterocycles. The fourth-order valence-corrected chi connectivity index (χ4v) is 5.02. The molecule has 1 N–H and O–H groups in total. The fraction of sp³-hybridized carbons (Fsp3) is 0.350. The highest BCUT2D eigenvalue weighted by Gasteiger charge is 2.33. The van der Waals surface area contributed by atoms with Crippen LogP contribution in [0.4, 0.5) is 4.39 Å². The molecule has 0 spiro atoms. The van der Waals surface area contributed by atoms with Crippen molar-refractivity contribution in [2.45, 2.75) is 31.2 Å². The first-order chi connectivity index (χ1) is 13.3. The summed E-state index contributed by atoms with van der Waals surface area (Å²) in [5.74, 6) is -1.13. The van der Waals surface area contributed by atoms with Gasteiger partial charge in [0.1, 0.15) is 5.82 Å². The van der Waals surface area contributed by atoms with Crippen molar-refractivity contribution in [1.82, 2.24) is 9.62 Å². The number of nitrogens with one attached hydrogen (secondary N) is 1. The highest BCUT2D eigenvalue weighted by Crippen LogP contribution is 2.27. The van der Waals surface area contributed by atoms with E-state index in [0.717, 1.165) is 5.56 Å². The fourth-order valence-electron chi connectivity index (χ4n) is 3.23. The molecule has 0 aromatic heterocycles. The van der Waals surface area contributed by atoms with Crippen LogP contribution in [0.1, 0.15) is 24.0 Å². The summed E-state index contributed by atoms with van der Waals surface area (Å²) in [7, 11) is -3.73. The number of benzene rings is 2. The smallest absolute Gasteiger partial charge is 0.243 e. The van der Waals surface area contributed by atoms with Crippen LogP contribution >= 0.6 is 11.6 Å². The number of amides is 1. The van der Waals surface area contributed by atoms with E-state index in [1.165, 1.54) is 22.5 Å². The van der Waals surface area contributed by atoms with Gasteiger partial charge in [0.2, 0.25) is 15.9 Å². The Hall–Kier alpha value is -1.96. The lowest BCUT2D eigenvalue weighted by Gasteiger charge is -2.31. The van der Waals surface area contributed by atoms with Crippen LogP contribution in [0.3, 0.4) is 0 Å². The normalized spacial score (nSPS) is 18.0. The summed E-state index contributed by atoms with van der Waals surface area (Å²) in [5.41, 5.74) is 1.19. The Kier molecular flexibility index (Phi) is 6.37. The van der Waals surface area contributed by atoms with Gasteiger partial charge in [-0.15, -0.1) is 0 Å². The number of carbonyl (C=O) groups is 1. The molecule has 2 aromatic rings. The summed E-state index contributed by atoms with van der Waals surface area (Å²) >= 11 is 6.07. The number of carbonyl (C=O) groups excluding carboxylic acids is 1. The van der Waals surface area contributed by atoms with Gasteiger partial charge in [0, 0.05) is 30.2 Å². The van der Waals surface area contributed by atoms with Gasteiger partial charge in [-0.05, 0) is 43.5 Å². The molecular formula is C20H22ClFN2O3S. The minimum atomic E-state index is -3.73. The molecule has 1 heterocycles. The molecule has 1 amide bonds. The van der Waals surface area contributed by atoms with Gasteiger partial charge < -0.3 is 5.32 Å². The largest absolute Gasteiger partial charge is 0.352 e. The molecule has 0 saturated carbocycles. The average molecular weight is 425 g/mol. The minimum absolute atomic E-state index is 0.0718. The molecule has 1 atom stereocenters. The summed E-state index contributed by atoms with van der Waals surface area (Å²) in [6.07, 6.45) is 1.17. The monoisotopic (exact) mass is 424 g/mol. The second kappa shape index (κ2) is 8.59. The zero-order chi connectivity index (χ0) is 20.3. The highest BCUT2D eigenvalue weighted by molar-refractivity contribution is 7.89. The molecule has 0 radical (unpaired) electrons. The van der Waals surface area contributed by atoms with Gasteiger partial charge in [0.25, 0.3) is 0 Å². The van der Waals surface area contributed by atoms with Gasteiger partial charge in [-0.2, -0.15) is 4.31 Å². The molecule has 0 bridgehead atoms. The number of piperidine rings is 1. The molecule has 8 heteroatoms. The van der Waals surface area contributed by atoms with E-state index in [-0.39, 0.29) is 29.7 Å². The van der Waals surface area contributed by atoms with Crippen molar-refractivity contribution in [2.75, 3.05) is 13.1 Å². The van der Waals surface area contributed by atoms with Gasteiger partial charge in [-0.1, -0.05) is 35.9 Å². The maximum atomic E-state index is 13.7. The molecule has 150 valence electrons. The molecule has 3 rings (SSSR count). The molecule has 0 aliphatic carbocycles. The maximum Gasteiger partial charge on any atom is 0.243 e. The lowest BCUT2D eigenvalue weighted by atomic mass is 9.98. The lowest BCUT2D eigenvalue weighted by Crippen LogP contribution is -2.45. The maximum absolute atomic E-state index is 13.7. The Morgan fingerprint density at radius 1 is 1.29 bits per heavy atom. The van der Waals surface area contributed by atoms with Crippen LogP contribution in [0.25, 0.3) is 0 Å². The number of hydrogen-bond acceptors (Lipinski definition) is 3. The van der Waals surface area contributed by atoms with Crippen LogP contribution in [0.2, 0.25) is 5.02 Å². The van der Waals surface area contributed by atoms with Crippen LogP contribution in [0.5, 0.6) is 0 Å². The van der Waals surface area contributed by atoms with Gasteiger partial charge >= 0.3 is 0 Å². The summed E-state index contributed by atoms with van der Waals surface area (Å²) in [4.78, 5) is 12.6. The quantitative estimate of drug-likeness (QED) is 0.798. The Morgan fingerprint density at radius 3 is 2.75 bits per heavy atom. The van der Waals surface area contributed by atoms with E-state index >= 15 is 0 Å². The molecule has 1 saturated heterocycles. The SMILES string of the molecule is Cc1ccc(S(=O)(=O)N2CCC[C@H](C(=O)NCc3ccccc3F)C2)cc1Cl. The third-order valence-corrected chi connectivity index (χ3v) is 7.22. The molecule has 0 unspecified atom stereocenters. The average Bonchev–Trinajstić information content (AvgIpc) is 2.69. The van der Waals surface area contributed by atoms with Gasteiger partial charge in [-0.3, -0.25) is 4.79 Å². The second-order valence-electron chi connectivity index (χ2n) is 6.92. The molecular weight excluding hydrogens is 403 g/mol. The first-order valence-electron chi connectivity index (χ1n) is 9.06. The van der Waals surface area contributed by atoms with Gasteiger partial charge in [0.15, 0.2) is 0 Å². The number of rotatable bonds is 5. The van der Waals surface area contributed by atoms with E-state index in [0.29, 0.717) is 30.0 Å². The predicted octanol–water partition coefficient (Wildman–Crippen LogP) is 3.50. The zero-order valence-corrected chi connectivity index (χ0v) is 17.1. The van der Waals surface area contributed by atoms with Crippen molar-refractivity contribution < 1.29 is 17.6 Å². The van der Waals surface area contributed by atoms with Gasteiger partial charge in [0.05, 0.1) is 10.8 Å². The number of nitrogens with zero attached hydrogens (tertiary/aromatic N) is 1. The second-order valence-corrected chi connectivity index (χ2v) is 9.27. The first-order valence-corrected chi connectivity index (χ1v) is 10.9. The summed E-state index contributed by atoms with van der Waals surface area (Å²) < 4.78 is 40.9. The van der Waals surface area contributed by atoms with E-state index < -0.39 is 15.9 Å². The third kappa shape index (κ3) is 4.54. The van der Waals surface area contributed by atoms with Crippen LogP contribution in [0.15, 0.2) is 47.4 Å². The Balaban J connectivity index is 1.68. The lowest BCUT2D eigenvalue weighted by molar-refractivity contribution is -0.126. The van der Waals surface area contributed by atoms with Crippen molar-refractivity contribution in [1.29, 1.82) is 0 Å². The summed E-state index contributed by atoms with van der Waals surface area (Å²) in [5, 5.41) is 3.10. The Labute approximate surface area is 169 Å². The molecule has 1 fully saturated rings. The van der Waals surface area contributed by atoms with Crippen LogP contribution in [-0.2, 0) is 21.4 Å². The van der Waals surface area contributed by atoms with E-state index in [4.69, 9.17) is 11.6 Å². The predicted molar refractivity (Wildman–Crippen MR) is 106 cm³/mol. The Morgan fingerprint density at radius 2 is 2.04 bits per heavy atom. The number of sulfonamides is 1. The summed E-state index contributed by atoms with van der Waals surface area (Å²) in [6.45, 7) is 2.32. The van der Waals surface area contributed by atoms with Crippen molar-refractivity contribution >= 4 is 27.5 Å². The van der Waals surface area contributed by atoms with E-state index in [1.807, 2.05) is 0 Å². The summed E-state index contributed by atoms with van der Waals surface area (Å²) in [6, 6.07) is 10.9. The van der Waals surface area contributed by atoms with Crippen LogP contribution in [0, 0.1) is 18.7 Å². The molecule has 2 aromatic carbocycles. The number of halogens is 2. The van der Waals surface area contributed by atoms with E-state index in [1.54, 1.807) is 31.2 Å². The topological polar surface area (TPSA) is 66.5 Å². The van der Waals surface area contributed by atoms with E-state index in [2.05, 4.69) is 5.32 Å². The number of aryl methyl sites for hydroxylation is 1. The van der Waals surface area contributed by atoms with E-state index in [9.17, 15) is 17.6 Å². The van der Waals surface area contributed by atoms with Crippen molar-refractivity contribution in [3.8, 4) is 0 Å². The van der Waals surface area contributed by atoms with Crippen molar-refractivity contribution in [3.63, 3.8) is 0 Å². The minimum Gasteiger partial charge on any atom is -0.352 e. The van der Waals surface area contributed by atoms with Crippen molar-refractivity contribution in [3.05, 3.63) is 64.4 Å². The highest BCUT2D eigenvalue weighted by atomic mass is 35.5.